The van der Waals surface area contributed by atoms with E-state index in [-0.39, 0.29) is 24.0 Å². The van der Waals surface area contributed by atoms with Gasteiger partial charge in [-0.1, -0.05) is 5.21 Å². The molecule has 0 aliphatic rings. The SMILES string of the molecule is CC(C)(C)OC(=O)NCCn1nnc2ccc(C(F)(F)F)cc2c1=O. The van der Waals surface area contributed by atoms with Gasteiger partial charge in [0, 0.05) is 6.54 Å². The maximum atomic E-state index is 12.8. The zero-order valence-corrected chi connectivity index (χ0v) is 13.8. The first-order valence-electron chi connectivity index (χ1n) is 7.39. The van der Waals surface area contributed by atoms with Crippen molar-refractivity contribution in [3.8, 4) is 0 Å². The fraction of sp³-hybridized carbons (Fsp3) is 0.467. The summed E-state index contributed by atoms with van der Waals surface area (Å²) in [6.45, 7) is 5.05. The average molecular weight is 358 g/mol. The van der Waals surface area contributed by atoms with Crippen molar-refractivity contribution >= 4 is 17.0 Å². The number of hydrogen-bond acceptors (Lipinski definition) is 5. The summed E-state index contributed by atoms with van der Waals surface area (Å²) < 4.78 is 44.2. The van der Waals surface area contributed by atoms with Crippen LogP contribution in [0.3, 0.4) is 0 Å². The summed E-state index contributed by atoms with van der Waals surface area (Å²) in [5, 5.41) is 9.61. The Hall–Kier alpha value is -2.65. The molecule has 0 saturated carbocycles. The number of carbonyl (C=O) groups is 1. The molecule has 2 rings (SSSR count). The summed E-state index contributed by atoms with van der Waals surface area (Å²) in [6, 6.07) is 2.67. The van der Waals surface area contributed by atoms with E-state index in [2.05, 4.69) is 15.6 Å². The highest BCUT2D eigenvalue weighted by atomic mass is 19.4. The molecular formula is C15H17F3N4O3. The van der Waals surface area contributed by atoms with Gasteiger partial charge in [0.1, 0.15) is 11.1 Å². The predicted molar refractivity (Wildman–Crippen MR) is 83.0 cm³/mol. The van der Waals surface area contributed by atoms with Crippen LogP contribution < -0.4 is 10.9 Å². The number of hydrogen-bond donors (Lipinski definition) is 1. The number of alkyl halides is 3. The van der Waals surface area contributed by atoms with E-state index in [1.165, 1.54) is 0 Å². The molecule has 0 radical (unpaired) electrons. The molecule has 1 aromatic heterocycles. The van der Waals surface area contributed by atoms with E-state index >= 15 is 0 Å². The Morgan fingerprint density at radius 3 is 2.56 bits per heavy atom. The van der Waals surface area contributed by atoms with Crippen LogP contribution >= 0.6 is 0 Å². The summed E-state index contributed by atoms with van der Waals surface area (Å²) >= 11 is 0. The van der Waals surface area contributed by atoms with Crippen LogP contribution in [-0.4, -0.2) is 33.2 Å². The lowest BCUT2D eigenvalue weighted by Crippen LogP contribution is -2.36. The zero-order chi connectivity index (χ0) is 18.8. The molecule has 0 bridgehead atoms. The lowest BCUT2D eigenvalue weighted by molar-refractivity contribution is -0.137. The van der Waals surface area contributed by atoms with Crippen molar-refractivity contribution in [2.75, 3.05) is 6.54 Å². The maximum Gasteiger partial charge on any atom is 0.416 e. The molecule has 25 heavy (non-hydrogen) atoms. The monoisotopic (exact) mass is 358 g/mol. The summed E-state index contributed by atoms with van der Waals surface area (Å²) in [4.78, 5) is 23.8. The van der Waals surface area contributed by atoms with Crippen molar-refractivity contribution in [1.82, 2.24) is 20.3 Å². The van der Waals surface area contributed by atoms with Crippen LogP contribution in [0.25, 0.3) is 10.9 Å². The van der Waals surface area contributed by atoms with Gasteiger partial charge in [-0.05, 0) is 39.0 Å². The number of carbonyl (C=O) groups excluding carboxylic acids is 1. The number of rotatable bonds is 3. The summed E-state index contributed by atoms with van der Waals surface area (Å²) in [6.07, 6.45) is -5.24. The predicted octanol–water partition coefficient (Wildman–Crippen LogP) is 2.33. The fourth-order valence-corrected chi connectivity index (χ4v) is 1.98. The Morgan fingerprint density at radius 1 is 1.28 bits per heavy atom. The van der Waals surface area contributed by atoms with Crippen LogP contribution in [0, 0.1) is 0 Å². The van der Waals surface area contributed by atoms with Gasteiger partial charge in [0.25, 0.3) is 5.56 Å². The molecule has 1 amide bonds. The summed E-state index contributed by atoms with van der Waals surface area (Å²) in [5.41, 5.74) is -2.27. The largest absolute Gasteiger partial charge is 0.444 e. The average Bonchev–Trinajstić information content (AvgIpc) is 2.46. The first-order chi connectivity index (χ1) is 11.5. The van der Waals surface area contributed by atoms with Gasteiger partial charge in [-0.15, -0.1) is 5.10 Å². The third-order valence-electron chi connectivity index (χ3n) is 3.04. The van der Waals surface area contributed by atoms with Gasteiger partial charge in [0.15, 0.2) is 0 Å². The van der Waals surface area contributed by atoms with Crippen molar-refractivity contribution in [2.45, 2.75) is 39.1 Å². The van der Waals surface area contributed by atoms with Crippen molar-refractivity contribution in [1.29, 1.82) is 0 Å². The van der Waals surface area contributed by atoms with Crippen molar-refractivity contribution in [3.05, 3.63) is 34.1 Å². The van der Waals surface area contributed by atoms with Gasteiger partial charge < -0.3 is 10.1 Å². The molecule has 1 aromatic carbocycles. The van der Waals surface area contributed by atoms with Crippen LogP contribution in [0.15, 0.2) is 23.0 Å². The standard InChI is InChI=1S/C15H17F3N4O3/c1-14(2,3)25-13(24)19-6-7-22-12(23)10-8-9(15(16,17)18)4-5-11(10)20-21-22/h4-5,8H,6-7H2,1-3H3,(H,19,24). The number of halogens is 3. The Morgan fingerprint density at radius 2 is 1.96 bits per heavy atom. The van der Waals surface area contributed by atoms with Crippen molar-refractivity contribution < 1.29 is 22.7 Å². The van der Waals surface area contributed by atoms with Gasteiger partial charge in [-0.25, -0.2) is 9.48 Å². The van der Waals surface area contributed by atoms with Crippen LogP contribution in [-0.2, 0) is 17.5 Å². The second kappa shape index (κ2) is 6.69. The first-order valence-corrected chi connectivity index (χ1v) is 7.39. The van der Waals surface area contributed by atoms with E-state index in [0.717, 1.165) is 22.9 Å². The third kappa shape index (κ3) is 4.91. The minimum atomic E-state index is -4.56. The molecule has 7 nitrogen and oxygen atoms in total. The first kappa shape index (κ1) is 18.7. The summed E-state index contributed by atoms with van der Waals surface area (Å²) in [7, 11) is 0. The maximum absolute atomic E-state index is 12.8. The molecule has 1 N–H and O–H groups in total. The van der Waals surface area contributed by atoms with Gasteiger partial charge in [0.2, 0.25) is 0 Å². The number of nitrogens with one attached hydrogen (secondary N) is 1. The molecule has 0 unspecified atom stereocenters. The zero-order valence-electron chi connectivity index (χ0n) is 13.8. The number of alkyl carbamates (subject to hydrolysis) is 1. The molecule has 0 spiro atoms. The van der Waals surface area contributed by atoms with E-state index in [0.29, 0.717) is 0 Å². The van der Waals surface area contributed by atoms with Crippen LogP contribution in [0.1, 0.15) is 26.3 Å². The molecule has 136 valence electrons. The topological polar surface area (TPSA) is 86.1 Å². The van der Waals surface area contributed by atoms with Gasteiger partial charge in [-0.3, -0.25) is 4.79 Å². The molecule has 2 aromatic rings. The van der Waals surface area contributed by atoms with Crippen LogP contribution in [0.5, 0.6) is 0 Å². The number of fused-ring (bicyclic) bond motifs is 1. The van der Waals surface area contributed by atoms with E-state index in [1.807, 2.05) is 0 Å². The van der Waals surface area contributed by atoms with Crippen molar-refractivity contribution in [3.63, 3.8) is 0 Å². The normalized spacial score (nSPS) is 12.2. The second-order valence-corrected chi connectivity index (χ2v) is 6.28. The highest BCUT2D eigenvalue weighted by Crippen LogP contribution is 2.30. The lowest BCUT2D eigenvalue weighted by Gasteiger charge is -2.19. The van der Waals surface area contributed by atoms with Crippen LogP contribution in [0.4, 0.5) is 18.0 Å². The second-order valence-electron chi connectivity index (χ2n) is 6.28. The quantitative estimate of drug-likeness (QED) is 0.910. The highest BCUT2D eigenvalue weighted by molar-refractivity contribution is 5.77. The van der Waals surface area contributed by atoms with E-state index in [4.69, 9.17) is 4.74 Å². The molecular weight excluding hydrogens is 341 g/mol. The summed E-state index contributed by atoms with van der Waals surface area (Å²) in [5.74, 6) is 0. The third-order valence-corrected chi connectivity index (χ3v) is 3.04. The van der Waals surface area contributed by atoms with E-state index < -0.39 is 29.0 Å². The molecule has 1 heterocycles. The number of amides is 1. The van der Waals surface area contributed by atoms with Gasteiger partial charge in [-0.2, -0.15) is 13.2 Å². The molecule has 10 heteroatoms. The fourth-order valence-electron chi connectivity index (χ4n) is 1.98. The Bertz CT molecular complexity index is 841. The highest BCUT2D eigenvalue weighted by Gasteiger charge is 2.31. The minimum absolute atomic E-state index is 0.00790. The van der Waals surface area contributed by atoms with Gasteiger partial charge >= 0.3 is 12.3 Å². The molecule has 0 aliphatic carbocycles. The smallest absolute Gasteiger partial charge is 0.416 e. The van der Waals surface area contributed by atoms with Crippen LogP contribution in [0.2, 0.25) is 0 Å². The number of aromatic nitrogens is 3. The van der Waals surface area contributed by atoms with Crippen molar-refractivity contribution in [2.24, 2.45) is 0 Å². The van der Waals surface area contributed by atoms with Gasteiger partial charge in [0.05, 0.1) is 17.5 Å². The molecule has 0 atom stereocenters. The Labute approximate surface area is 140 Å². The molecule has 0 aliphatic heterocycles. The Balaban J connectivity index is 2.15. The lowest BCUT2D eigenvalue weighted by atomic mass is 10.1. The van der Waals surface area contributed by atoms with E-state index in [9.17, 15) is 22.8 Å². The number of ether oxygens (including phenoxy) is 1. The van der Waals surface area contributed by atoms with E-state index in [1.54, 1.807) is 20.8 Å². The number of benzene rings is 1. The minimum Gasteiger partial charge on any atom is -0.444 e. The Kier molecular flexibility index (Phi) is 5.00. The molecule has 0 fully saturated rings. The number of nitrogens with zero attached hydrogens (tertiary/aromatic N) is 3. The molecule has 0 saturated heterocycles.